The van der Waals surface area contributed by atoms with Crippen LogP contribution in [0.25, 0.3) is 10.9 Å². The predicted octanol–water partition coefficient (Wildman–Crippen LogP) is 3.86. The van der Waals surface area contributed by atoms with Gasteiger partial charge in [-0.1, -0.05) is 30.9 Å². The van der Waals surface area contributed by atoms with Crippen LogP contribution in [0.3, 0.4) is 0 Å². The van der Waals surface area contributed by atoms with Gasteiger partial charge in [-0.2, -0.15) is 0 Å². The van der Waals surface area contributed by atoms with Crippen molar-refractivity contribution in [3.8, 4) is 5.88 Å². The van der Waals surface area contributed by atoms with Gasteiger partial charge in [0.1, 0.15) is 6.04 Å². The van der Waals surface area contributed by atoms with Gasteiger partial charge in [0, 0.05) is 18.0 Å². The molecule has 1 saturated heterocycles. The molecule has 1 aromatic carbocycles. The molecule has 1 saturated carbocycles. The predicted molar refractivity (Wildman–Crippen MR) is 112 cm³/mol. The maximum Gasteiger partial charge on any atom is 0.329 e. The Labute approximate surface area is 175 Å². The lowest BCUT2D eigenvalue weighted by Gasteiger charge is -2.22. The molecule has 1 amide bonds. The van der Waals surface area contributed by atoms with Gasteiger partial charge in [-0.05, 0) is 56.3 Å². The van der Waals surface area contributed by atoms with Crippen LogP contribution in [-0.4, -0.2) is 36.0 Å². The Hall–Kier alpha value is -2.18. The lowest BCUT2D eigenvalue weighted by molar-refractivity contribution is -0.136. The zero-order valence-corrected chi connectivity index (χ0v) is 17.1. The number of nitrogens with one attached hydrogen (secondary N) is 2. The van der Waals surface area contributed by atoms with Gasteiger partial charge >= 0.3 is 5.97 Å². The molecule has 154 valence electrons. The van der Waals surface area contributed by atoms with E-state index in [0.29, 0.717) is 34.0 Å². The number of fused-ring (bicyclic) bond motifs is 1. The average Bonchev–Trinajstić information content (AvgIpc) is 3.28. The molecule has 0 bridgehead atoms. The van der Waals surface area contributed by atoms with Crippen LogP contribution in [0.5, 0.6) is 5.88 Å². The van der Waals surface area contributed by atoms with Crippen molar-refractivity contribution in [1.29, 1.82) is 0 Å². The Bertz CT molecular complexity index is 906. The summed E-state index contributed by atoms with van der Waals surface area (Å²) in [6.07, 6.45) is 7.81. The van der Waals surface area contributed by atoms with Crippen LogP contribution in [0.15, 0.2) is 24.3 Å². The number of carbonyl (C=O) groups is 2. The van der Waals surface area contributed by atoms with Crippen LogP contribution >= 0.6 is 11.6 Å². The summed E-state index contributed by atoms with van der Waals surface area (Å²) in [4.78, 5) is 29.5. The lowest BCUT2D eigenvalue weighted by atomic mass is 9.89. The standard InChI is InChI=1S/C22H26ClN3O3/c23-16-9-10-17-15(20(16)21(27)25-13-14-5-2-1-3-6-14)8-11-19(26-17)29-22(28)18-7-4-12-24-18/h8-11,14,18,24H,1-7,12-13H2,(H,25,27)/t18-/m1/s1. The number of hydrogen-bond donors (Lipinski definition) is 2. The minimum absolute atomic E-state index is 0.187. The molecule has 2 N–H and O–H groups in total. The maximum absolute atomic E-state index is 12.8. The Balaban J connectivity index is 1.50. The van der Waals surface area contributed by atoms with E-state index < -0.39 is 0 Å². The highest BCUT2D eigenvalue weighted by molar-refractivity contribution is 6.35. The fourth-order valence-electron chi connectivity index (χ4n) is 4.22. The second-order valence-corrected chi connectivity index (χ2v) is 8.33. The number of amides is 1. The number of rotatable bonds is 5. The Morgan fingerprint density at radius 3 is 2.69 bits per heavy atom. The Kier molecular flexibility index (Phi) is 6.31. The quantitative estimate of drug-likeness (QED) is 0.725. The molecule has 7 heteroatoms. The topological polar surface area (TPSA) is 80.3 Å². The summed E-state index contributed by atoms with van der Waals surface area (Å²) in [5, 5.41) is 7.19. The van der Waals surface area contributed by atoms with E-state index in [2.05, 4.69) is 15.6 Å². The molecule has 1 atom stereocenters. The first-order valence-electron chi connectivity index (χ1n) is 10.4. The van der Waals surface area contributed by atoms with E-state index >= 15 is 0 Å². The summed E-state index contributed by atoms with van der Waals surface area (Å²) in [6.45, 7) is 1.49. The van der Waals surface area contributed by atoms with Crippen molar-refractivity contribution < 1.29 is 14.3 Å². The summed E-state index contributed by atoms with van der Waals surface area (Å²) >= 11 is 6.35. The van der Waals surface area contributed by atoms with Crippen LogP contribution in [0.1, 0.15) is 55.3 Å². The van der Waals surface area contributed by atoms with E-state index in [0.717, 1.165) is 32.2 Å². The minimum atomic E-state index is -0.325. The normalized spacial score (nSPS) is 20.0. The van der Waals surface area contributed by atoms with E-state index in [1.807, 2.05) is 0 Å². The van der Waals surface area contributed by atoms with Gasteiger partial charge < -0.3 is 15.4 Å². The lowest BCUT2D eigenvalue weighted by Crippen LogP contribution is -2.34. The molecular formula is C22H26ClN3O3. The van der Waals surface area contributed by atoms with Gasteiger partial charge in [-0.3, -0.25) is 4.79 Å². The molecule has 2 aliphatic rings. The number of benzene rings is 1. The number of hydrogen-bond acceptors (Lipinski definition) is 5. The summed E-state index contributed by atoms with van der Waals surface area (Å²) in [5.41, 5.74) is 0.990. The second-order valence-electron chi connectivity index (χ2n) is 7.92. The summed E-state index contributed by atoms with van der Waals surface area (Å²) in [7, 11) is 0. The third-order valence-electron chi connectivity index (χ3n) is 5.85. The monoisotopic (exact) mass is 415 g/mol. The number of pyridine rings is 1. The second kappa shape index (κ2) is 9.09. The van der Waals surface area contributed by atoms with E-state index in [1.165, 1.54) is 19.3 Å². The molecule has 1 aliphatic carbocycles. The smallest absolute Gasteiger partial charge is 0.329 e. The summed E-state index contributed by atoms with van der Waals surface area (Å²) < 4.78 is 5.42. The van der Waals surface area contributed by atoms with Crippen molar-refractivity contribution in [3.63, 3.8) is 0 Å². The van der Waals surface area contributed by atoms with Crippen LogP contribution < -0.4 is 15.4 Å². The van der Waals surface area contributed by atoms with Crippen molar-refractivity contribution in [3.05, 3.63) is 34.9 Å². The number of halogens is 1. The van der Waals surface area contributed by atoms with Gasteiger partial charge in [0.15, 0.2) is 0 Å². The van der Waals surface area contributed by atoms with Crippen LogP contribution in [0.2, 0.25) is 5.02 Å². The first-order valence-corrected chi connectivity index (χ1v) is 10.8. The van der Waals surface area contributed by atoms with Crippen LogP contribution in [-0.2, 0) is 4.79 Å². The molecule has 0 unspecified atom stereocenters. The van der Waals surface area contributed by atoms with Gasteiger partial charge in [-0.25, -0.2) is 9.78 Å². The fraction of sp³-hybridized carbons (Fsp3) is 0.500. The van der Waals surface area contributed by atoms with Gasteiger partial charge in [0.05, 0.1) is 16.1 Å². The van der Waals surface area contributed by atoms with Crippen molar-refractivity contribution in [2.45, 2.75) is 51.0 Å². The number of ether oxygens (including phenoxy) is 1. The third kappa shape index (κ3) is 4.70. The molecule has 0 spiro atoms. The van der Waals surface area contributed by atoms with Gasteiger partial charge in [0.25, 0.3) is 5.91 Å². The van der Waals surface area contributed by atoms with Crippen molar-refractivity contribution in [1.82, 2.24) is 15.6 Å². The molecule has 1 aliphatic heterocycles. The van der Waals surface area contributed by atoms with E-state index in [1.54, 1.807) is 24.3 Å². The SMILES string of the molecule is O=C(NCC1CCCCC1)c1c(Cl)ccc2nc(OC(=O)[C@H]3CCCN3)ccc12. The third-order valence-corrected chi connectivity index (χ3v) is 6.16. The van der Waals surface area contributed by atoms with E-state index in [-0.39, 0.29) is 23.8 Å². The molecular weight excluding hydrogens is 390 g/mol. The van der Waals surface area contributed by atoms with Crippen molar-refractivity contribution >= 4 is 34.4 Å². The van der Waals surface area contributed by atoms with E-state index in [9.17, 15) is 9.59 Å². The first-order chi connectivity index (χ1) is 14.1. The van der Waals surface area contributed by atoms with Gasteiger partial charge in [0.2, 0.25) is 5.88 Å². The number of nitrogens with zero attached hydrogens (tertiary/aromatic N) is 1. The fourth-order valence-corrected chi connectivity index (χ4v) is 4.47. The summed E-state index contributed by atoms with van der Waals surface area (Å²) in [5.74, 6) is 0.253. The number of esters is 1. The van der Waals surface area contributed by atoms with E-state index in [4.69, 9.17) is 16.3 Å². The maximum atomic E-state index is 12.8. The van der Waals surface area contributed by atoms with Crippen LogP contribution in [0, 0.1) is 5.92 Å². The van der Waals surface area contributed by atoms with Gasteiger partial charge in [-0.15, -0.1) is 0 Å². The highest BCUT2D eigenvalue weighted by Crippen LogP contribution is 2.28. The Morgan fingerprint density at radius 1 is 1.10 bits per heavy atom. The minimum Gasteiger partial charge on any atom is -0.406 e. The molecule has 6 nitrogen and oxygen atoms in total. The summed E-state index contributed by atoms with van der Waals surface area (Å²) in [6, 6.07) is 6.48. The molecule has 1 aromatic heterocycles. The highest BCUT2D eigenvalue weighted by atomic mass is 35.5. The zero-order valence-electron chi connectivity index (χ0n) is 16.4. The molecule has 2 fully saturated rings. The number of carbonyl (C=O) groups excluding carboxylic acids is 2. The molecule has 2 heterocycles. The van der Waals surface area contributed by atoms with Crippen LogP contribution in [0.4, 0.5) is 0 Å². The molecule has 2 aromatic rings. The number of aromatic nitrogens is 1. The molecule has 4 rings (SSSR count). The highest BCUT2D eigenvalue weighted by Gasteiger charge is 2.25. The molecule has 29 heavy (non-hydrogen) atoms. The zero-order chi connectivity index (χ0) is 20.2. The first kappa shape index (κ1) is 20.1. The van der Waals surface area contributed by atoms with Crippen molar-refractivity contribution in [2.24, 2.45) is 5.92 Å². The molecule has 0 radical (unpaired) electrons. The van der Waals surface area contributed by atoms with Crippen molar-refractivity contribution in [2.75, 3.05) is 13.1 Å². The Morgan fingerprint density at radius 2 is 1.93 bits per heavy atom. The average molecular weight is 416 g/mol. The largest absolute Gasteiger partial charge is 0.406 e.